The Bertz CT molecular complexity index is 1160. The number of ketones is 1. The molecule has 1 saturated carbocycles. The molecule has 1 fully saturated rings. The SMILES string of the molecule is CC(C)(C)[C@@H](CC(=O)c1cc(=O)[nH]c(-c2ccccc2)n1)c1ccc(C2CC2)c(F)c1. The molecule has 1 aliphatic rings. The summed E-state index contributed by atoms with van der Waals surface area (Å²) < 4.78 is 14.7. The van der Waals surface area contributed by atoms with E-state index < -0.39 is 0 Å². The Kier molecular flexibility index (Phi) is 5.61. The van der Waals surface area contributed by atoms with Gasteiger partial charge >= 0.3 is 0 Å². The molecule has 4 rings (SSSR count). The highest BCUT2D eigenvalue weighted by molar-refractivity contribution is 5.95. The number of hydrogen-bond acceptors (Lipinski definition) is 3. The van der Waals surface area contributed by atoms with Crippen LogP contribution in [0.5, 0.6) is 0 Å². The molecule has 1 atom stereocenters. The number of benzene rings is 2. The van der Waals surface area contributed by atoms with E-state index in [1.54, 1.807) is 6.07 Å². The van der Waals surface area contributed by atoms with Gasteiger partial charge in [-0.2, -0.15) is 0 Å². The van der Waals surface area contributed by atoms with Crippen molar-refractivity contribution in [1.82, 2.24) is 9.97 Å². The summed E-state index contributed by atoms with van der Waals surface area (Å²) in [5.74, 6) is 0.0743. The van der Waals surface area contributed by atoms with E-state index in [4.69, 9.17) is 0 Å². The lowest BCUT2D eigenvalue weighted by molar-refractivity contribution is 0.0946. The third-order valence-corrected chi connectivity index (χ3v) is 5.95. The molecule has 2 aromatic carbocycles. The van der Waals surface area contributed by atoms with E-state index in [0.717, 1.165) is 29.5 Å². The lowest BCUT2D eigenvalue weighted by Gasteiger charge is -2.31. The van der Waals surface area contributed by atoms with Gasteiger partial charge in [0.2, 0.25) is 0 Å². The van der Waals surface area contributed by atoms with Gasteiger partial charge in [0.05, 0.1) is 0 Å². The third kappa shape index (κ3) is 4.82. The maximum atomic E-state index is 14.7. The molecule has 0 spiro atoms. The number of carbonyl (C=O) groups is 1. The molecule has 5 heteroatoms. The highest BCUT2D eigenvalue weighted by Crippen LogP contribution is 2.44. The molecule has 0 radical (unpaired) electrons. The fourth-order valence-corrected chi connectivity index (χ4v) is 4.03. The monoisotopic (exact) mass is 418 g/mol. The maximum absolute atomic E-state index is 14.7. The molecule has 1 N–H and O–H groups in total. The molecule has 1 aromatic heterocycles. The van der Waals surface area contributed by atoms with Crippen molar-refractivity contribution in [3.8, 4) is 11.4 Å². The van der Waals surface area contributed by atoms with Crippen molar-refractivity contribution < 1.29 is 9.18 Å². The van der Waals surface area contributed by atoms with Crippen LogP contribution in [0.2, 0.25) is 0 Å². The Labute approximate surface area is 181 Å². The van der Waals surface area contributed by atoms with Crippen LogP contribution in [0, 0.1) is 11.2 Å². The standard InChI is InChI=1S/C26H27FN2O2/c1-26(2,3)20(18-11-12-19(16-9-10-16)21(27)13-18)14-23(30)22-15-24(31)29-25(28-22)17-7-5-4-6-8-17/h4-8,11-13,15-16,20H,9-10,14H2,1-3H3,(H,28,29,31)/t20-/m0/s1. The van der Waals surface area contributed by atoms with Crippen LogP contribution in [-0.2, 0) is 0 Å². The number of rotatable bonds is 6. The van der Waals surface area contributed by atoms with Crippen LogP contribution in [0.3, 0.4) is 0 Å². The van der Waals surface area contributed by atoms with Gasteiger partial charge in [-0.05, 0) is 47.3 Å². The first kappa shape index (κ1) is 21.2. The molecule has 31 heavy (non-hydrogen) atoms. The van der Waals surface area contributed by atoms with Gasteiger partial charge in [-0.3, -0.25) is 9.59 Å². The zero-order valence-corrected chi connectivity index (χ0v) is 18.1. The second kappa shape index (κ2) is 8.22. The highest BCUT2D eigenvalue weighted by atomic mass is 19.1. The molecular formula is C26H27FN2O2. The van der Waals surface area contributed by atoms with Crippen molar-refractivity contribution in [2.45, 2.75) is 51.9 Å². The number of nitrogens with one attached hydrogen (secondary N) is 1. The van der Waals surface area contributed by atoms with E-state index >= 15 is 0 Å². The average Bonchev–Trinajstić information content (AvgIpc) is 3.56. The van der Waals surface area contributed by atoms with Crippen molar-refractivity contribution in [3.05, 3.63) is 87.6 Å². The highest BCUT2D eigenvalue weighted by Gasteiger charge is 2.32. The Hall–Kier alpha value is -3.08. The van der Waals surface area contributed by atoms with Gasteiger partial charge in [0, 0.05) is 18.1 Å². The van der Waals surface area contributed by atoms with Crippen LogP contribution in [-0.4, -0.2) is 15.8 Å². The van der Waals surface area contributed by atoms with E-state index in [9.17, 15) is 14.0 Å². The molecule has 1 heterocycles. The van der Waals surface area contributed by atoms with Gasteiger partial charge in [0.1, 0.15) is 17.3 Å². The van der Waals surface area contributed by atoms with Crippen LogP contribution >= 0.6 is 0 Å². The van der Waals surface area contributed by atoms with Gasteiger partial charge in [0.15, 0.2) is 5.78 Å². The van der Waals surface area contributed by atoms with Gasteiger partial charge in [-0.25, -0.2) is 9.37 Å². The van der Waals surface area contributed by atoms with E-state index in [0.29, 0.717) is 11.7 Å². The van der Waals surface area contributed by atoms with Crippen LogP contribution in [0.25, 0.3) is 11.4 Å². The lowest BCUT2D eigenvalue weighted by Crippen LogP contribution is -2.23. The first-order valence-corrected chi connectivity index (χ1v) is 10.7. The lowest BCUT2D eigenvalue weighted by atomic mass is 9.73. The number of H-pyrrole nitrogens is 1. The zero-order valence-electron chi connectivity index (χ0n) is 18.1. The summed E-state index contributed by atoms with van der Waals surface area (Å²) in [6.07, 6.45) is 2.22. The predicted octanol–water partition coefficient (Wildman–Crippen LogP) is 5.86. The fourth-order valence-electron chi connectivity index (χ4n) is 4.03. The smallest absolute Gasteiger partial charge is 0.251 e. The van der Waals surface area contributed by atoms with Gasteiger partial charge in [0.25, 0.3) is 5.56 Å². The van der Waals surface area contributed by atoms with E-state index in [1.165, 1.54) is 6.07 Å². The molecule has 0 amide bonds. The molecule has 3 aromatic rings. The second-order valence-electron chi connectivity index (χ2n) is 9.45. The number of aromatic nitrogens is 2. The molecule has 160 valence electrons. The Morgan fingerprint density at radius 2 is 1.84 bits per heavy atom. The molecule has 0 saturated heterocycles. The Balaban J connectivity index is 1.64. The molecule has 4 nitrogen and oxygen atoms in total. The first-order valence-electron chi connectivity index (χ1n) is 10.7. The normalized spacial score (nSPS) is 15.0. The predicted molar refractivity (Wildman–Crippen MR) is 120 cm³/mol. The zero-order chi connectivity index (χ0) is 22.2. The quantitative estimate of drug-likeness (QED) is 0.510. The van der Waals surface area contributed by atoms with Crippen molar-refractivity contribution in [3.63, 3.8) is 0 Å². The van der Waals surface area contributed by atoms with E-state index in [1.807, 2.05) is 63.2 Å². The summed E-state index contributed by atoms with van der Waals surface area (Å²) in [5, 5.41) is 0. The number of nitrogens with zero attached hydrogens (tertiary/aromatic N) is 1. The molecule has 0 aliphatic heterocycles. The largest absolute Gasteiger partial charge is 0.306 e. The number of hydrogen-bond donors (Lipinski definition) is 1. The summed E-state index contributed by atoms with van der Waals surface area (Å²) in [7, 11) is 0. The van der Waals surface area contributed by atoms with Gasteiger partial charge in [-0.15, -0.1) is 0 Å². The van der Waals surface area contributed by atoms with Crippen LogP contribution in [0.1, 0.15) is 73.5 Å². The Morgan fingerprint density at radius 3 is 2.45 bits per heavy atom. The van der Waals surface area contributed by atoms with E-state index in [2.05, 4.69) is 9.97 Å². The van der Waals surface area contributed by atoms with Gasteiger partial charge in [-0.1, -0.05) is 63.2 Å². The van der Waals surface area contributed by atoms with Crippen molar-refractivity contribution in [2.75, 3.05) is 0 Å². The molecular weight excluding hydrogens is 391 g/mol. The fraction of sp³-hybridized carbons (Fsp3) is 0.346. The van der Waals surface area contributed by atoms with Crippen LogP contribution in [0.4, 0.5) is 4.39 Å². The summed E-state index contributed by atoms with van der Waals surface area (Å²) in [4.78, 5) is 32.5. The molecule has 0 unspecified atom stereocenters. The average molecular weight is 419 g/mol. The number of halogens is 1. The van der Waals surface area contributed by atoms with Crippen molar-refractivity contribution in [2.24, 2.45) is 5.41 Å². The van der Waals surface area contributed by atoms with Crippen LogP contribution in [0.15, 0.2) is 59.4 Å². The summed E-state index contributed by atoms with van der Waals surface area (Å²) in [6.45, 7) is 6.12. The minimum absolute atomic E-state index is 0.131. The summed E-state index contributed by atoms with van der Waals surface area (Å²) >= 11 is 0. The first-order chi connectivity index (χ1) is 14.7. The summed E-state index contributed by atoms with van der Waals surface area (Å²) in [5.41, 5.74) is 1.80. The Morgan fingerprint density at radius 1 is 1.13 bits per heavy atom. The van der Waals surface area contributed by atoms with Crippen molar-refractivity contribution in [1.29, 1.82) is 0 Å². The topological polar surface area (TPSA) is 62.8 Å². The minimum atomic E-state index is -0.371. The molecule has 0 bridgehead atoms. The number of carbonyl (C=O) groups excluding carboxylic acids is 1. The number of aromatic amines is 1. The number of Topliss-reactive ketones (excluding diaryl/α,β-unsaturated/α-hetero) is 1. The van der Waals surface area contributed by atoms with Crippen molar-refractivity contribution >= 4 is 5.78 Å². The van der Waals surface area contributed by atoms with Crippen LogP contribution < -0.4 is 5.56 Å². The minimum Gasteiger partial charge on any atom is -0.306 e. The van der Waals surface area contributed by atoms with E-state index in [-0.39, 0.29) is 40.6 Å². The summed E-state index contributed by atoms with van der Waals surface area (Å²) in [6, 6.07) is 15.9. The molecule has 1 aliphatic carbocycles. The third-order valence-electron chi connectivity index (χ3n) is 5.95. The maximum Gasteiger partial charge on any atom is 0.251 e. The van der Waals surface area contributed by atoms with Gasteiger partial charge < -0.3 is 4.98 Å². The second-order valence-corrected chi connectivity index (χ2v) is 9.45.